The van der Waals surface area contributed by atoms with Crippen molar-refractivity contribution >= 4 is 27.9 Å². The van der Waals surface area contributed by atoms with Gasteiger partial charge in [-0.3, -0.25) is 9.69 Å². The number of thiophene rings is 1. The molecule has 0 saturated carbocycles. The summed E-state index contributed by atoms with van der Waals surface area (Å²) in [6, 6.07) is 22.9. The third-order valence-electron chi connectivity index (χ3n) is 6.41. The van der Waals surface area contributed by atoms with Gasteiger partial charge in [0.15, 0.2) is 5.76 Å². The Morgan fingerprint density at radius 1 is 1.03 bits per heavy atom. The van der Waals surface area contributed by atoms with Gasteiger partial charge in [0.25, 0.3) is 5.91 Å². The zero-order valence-electron chi connectivity index (χ0n) is 19.6. The molecular weight excluding hydrogens is 461 g/mol. The first-order valence-electron chi connectivity index (χ1n) is 11.9. The minimum absolute atomic E-state index is 0.0255. The van der Waals surface area contributed by atoms with Crippen LogP contribution < -0.4 is 10.2 Å². The summed E-state index contributed by atoms with van der Waals surface area (Å²) in [7, 11) is 0. The number of furan rings is 1. The summed E-state index contributed by atoms with van der Waals surface area (Å²) in [4.78, 5) is 18.6. The molecule has 5 nitrogen and oxygen atoms in total. The molecule has 180 valence electrons. The molecule has 0 unspecified atom stereocenters. The number of benzene rings is 2. The maximum absolute atomic E-state index is 14.4. The van der Waals surface area contributed by atoms with Crippen molar-refractivity contribution < 1.29 is 13.6 Å². The lowest BCUT2D eigenvalue weighted by Crippen LogP contribution is -2.48. The molecule has 1 atom stereocenters. The summed E-state index contributed by atoms with van der Waals surface area (Å²) in [5, 5.41) is 3.94. The number of hydrogen-bond donors (Lipinski definition) is 1. The molecule has 0 radical (unpaired) electrons. The SMILES string of the molecule is CCc1cc([C@H](c2ccccc2)N2CCN(c3ccccc3F)CC2)c(NC(=O)c2ccco2)s1. The van der Waals surface area contributed by atoms with Gasteiger partial charge in [-0.2, -0.15) is 0 Å². The lowest BCUT2D eigenvalue weighted by atomic mass is 9.97. The number of amides is 1. The van der Waals surface area contributed by atoms with Gasteiger partial charge in [0.2, 0.25) is 0 Å². The van der Waals surface area contributed by atoms with Crippen LogP contribution in [0.1, 0.15) is 39.5 Å². The van der Waals surface area contributed by atoms with E-state index in [9.17, 15) is 9.18 Å². The van der Waals surface area contributed by atoms with Crippen LogP contribution in [-0.2, 0) is 6.42 Å². The third-order valence-corrected chi connectivity index (χ3v) is 7.63. The number of hydrogen-bond acceptors (Lipinski definition) is 5. The number of carbonyl (C=O) groups excluding carboxylic acids is 1. The van der Waals surface area contributed by atoms with Crippen molar-refractivity contribution in [3.63, 3.8) is 0 Å². The van der Waals surface area contributed by atoms with Crippen LogP contribution in [0.3, 0.4) is 0 Å². The number of carbonyl (C=O) groups is 1. The molecule has 2 aromatic carbocycles. The van der Waals surface area contributed by atoms with E-state index in [1.54, 1.807) is 29.5 Å². The Hall–Kier alpha value is -3.42. The molecule has 1 N–H and O–H groups in total. The van der Waals surface area contributed by atoms with Crippen LogP contribution in [0.4, 0.5) is 15.1 Å². The fourth-order valence-corrected chi connectivity index (χ4v) is 5.68. The lowest BCUT2D eigenvalue weighted by molar-refractivity contribution is 0.0996. The third kappa shape index (κ3) is 5.01. The van der Waals surface area contributed by atoms with Crippen molar-refractivity contribution in [2.24, 2.45) is 0 Å². The van der Waals surface area contributed by atoms with E-state index in [1.807, 2.05) is 30.3 Å². The van der Waals surface area contributed by atoms with Gasteiger partial charge in [-0.05, 0) is 42.3 Å². The molecule has 5 rings (SSSR count). The summed E-state index contributed by atoms with van der Waals surface area (Å²) >= 11 is 1.61. The number of para-hydroxylation sites is 1. The Balaban J connectivity index is 1.45. The van der Waals surface area contributed by atoms with Gasteiger partial charge < -0.3 is 14.6 Å². The molecule has 1 amide bonds. The van der Waals surface area contributed by atoms with E-state index in [0.29, 0.717) is 5.69 Å². The summed E-state index contributed by atoms with van der Waals surface area (Å²) in [6.45, 7) is 5.12. The minimum atomic E-state index is -0.253. The average molecular weight is 490 g/mol. The zero-order valence-corrected chi connectivity index (χ0v) is 20.4. The molecule has 0 bridgehead atoms. The highest BCUT2D eigenvalue weighted by atomic mass is 32.1. The number of nitrogens with zero attached hydrogens (tertiary/aromatic N) is 2. The van der Waals surface area contributed by atoms with Gasteiger partial charge in [0, 0.05) is 36.6 Å². The van der Waals surface area contributed by atoms with Crippen molar-refractivity contribution in [1.82, 2.24) is 4.90 Å². The predicted octanol–water partition coefficient (Wildman–Crippen LogP) is 6.21. The second-order valence-electron chi connectivity index (χ2n) is 8.57. The fraction of sp³-hybridized carbons (Fsp3) is 0.250. The van der Waals surface area contributed by atoms with E-state index >= 15 is 0 Å². The maximum atomic E-state index is 14.4. The van der Waals surface area contributed by atoms with Crippen LogP contribution in [0.5, 0.6) is 0 Å². The lowest BCUT2D eigenvalue weighted by Gasteiger charge is -2.40. The van der Waals surface area contributed by atoms with Crippen molar-refractivity contribution in [2.75, 3.05) is 36.4 Å². The van der Waals surface area contributed by atoms with Gasteiger partial charge in [0.1, 0.15) is 10.8 Å². The van der Waals surface area contributed by atoms with Gasteiger partial charge in [-0.1, -0.05) is 49.4 Å². The van der Waals surface area contributed by atoms with Crippen molar-refractivity contribution in [2.45, 2.75) is 19.4 Å². The normalized spacial score (nSPS) is 15.2. The molecule has 2 aromatic heterocycles. The molecule has 7 heteroatoms. The highest BCUT2D eigenvalue weighted by molar-refractivity contribution is 7.16. The summed E-state index contributed by atoms with van der Waals surface area (Å²) in [5.74, 6) is -0.150. The van der Waals surface area contributed by atoms with Crippen LogP contribution in [0.15, 0.2) is 83.5 Å². The molecular formula is C28H28FN3O2S. The largest absolute Gasteiger partial charge is 0.459 e. The molecule has 1 saturated heterocycles. The molecule has 1 aliphatic heterocycles. The van der Waals surface area contributed by atoms with Crippen molar-refractivity contribution in [3.05, 3.63) is 107 Å². The quantitative estimate of drug-likeness (QED) is 0.335. The van der Waals surface area contributed by atoms with Crippen LogP contribution in [0, 0.1) is 5.82 Å². The van der Waals surface area contributed by atoms with Gasteiger partial charge >= 0.3 is 0 Å². The number of piperazine rings is 1. The summed E-state index contributed by atoms with van der Waals surface area (Å²) in [5.41, 5.74) is 2.90. The highest BCUT2D eigenvalue weighted by Crippen LogP contribution is 2.40. The van der Waals surface area contributed by atoms with E-state index in [-0.39, 0.29) is 23.5 Å². The first-order valence-corrected chi connectivity index (χ1v) is 12.7. The molecule has 1 aliphatic rings. The predicted molar refractivity (Wildman–Crippen MR) is 139 cm³/mol. The highest BCUT2D eigenvalue weighted by Gasteiger charge is 2.30. The Kier molecular flexibility index (Phi) is 6.97. The van der Waals surface area contributed by atoms with Crippen molar-refractivity contribution in [3.8, 4) is 0 Å². The second-order valence-corrected chi connectivity index (χ2v) is 9.71. The van der Waals surface area contributed by atoms with Crippen molar-refractivity contribution in [1.29, 1.82) is 0 Å². The number of rotatable bonds is 7. The standard InChI is InChI=1S/C28H28FN3O2S/c1-2-21-19-22(28(35-21)30-27(33)25-13-8-18-34-25)26(20-9-4-3-5-10-20)32-16-14-31(15-17-32)24-12-7-6-11-23(24)29/h3-13,18-19,26H,2,14-17H2,1H3,(H,30,33)/t26-/m0/s1. The zero-order chi connectivity index (χ0) is 24.2. The fourth-order valence-electron chi connectivity index (χ4n) is 4.66. The Bertz CT molecular complexity index is 1260. The van der Waals surface area contributed by atoms with E-state index in [0.717, 1.165) is 43.2 Å². The summed E-state index contributed by atoms with van der Waals surface area (Å²) in [6.07, 6.45) is 2.39. The Morgan fingerprint density at radius 3 is 2.46 bits per heavy atom. The first-order chi connectivity index (χ1) is 17.1. The van der Waals surface area contributed by atoms with Gasteiger partial charge in [0.05, 0.1) is 18.0 Å². The molecule has 1 fully saturated rings. The van der Waals surface area contributed by atoms with Crippen LogP contribution in [0.2, 0.25) is 0 Å². The first kappa shape index (κ1) is 23.3. The maximum Gasteiger partial charge on any atom is 0.291 e. The Labute approximate surface area is 208 Å². The van der Waals surface area contributed by atoms with Gasteiger partial charge in [-0.25, -0.2) is 4.39 Å². The molecule has 4 aromatic rings. The number of nitrogens with one attached hydrogen (secondary N) is 1. The van der Waals surface area contributed by atoms with Crippen LogP contribution in [0.25, 0.3) is 0 Å². The molecule has 0 aliphatic carbocycles. The van der Waals surface area contributed by atoms with E-state index < -0.39 is 0 Å². The Morgan fingerprint density at radius 2 is 1.77 bits per heavy atom. The number of halogens is 1. The van der Waals surface area contributed by atoms with Gasteiger partial charge in [-0.15, -0.1) is 11.3 Å². The number of aryl methyl sites for hydroxylation is 1. The summed E-state index contributed by atoms with van der Waals surface area (Å²) < 4.78 is 19.7. The van der Waals surface area contributed by atoms with E-state index in [1.165, 1.54) is 22.8 Å². The topological polar surface area (TPSA) is 48.7 Å². The van der Waals surface area contributed by atoms with Crippen LogP contribution >= 0.6 is 11.3 Å². The van der Waals surface area contributed by atoms with E-state index in [4.69, 9.17) is 4.42 Å². The average Bonchev–Trinajstić information content (AvgIpc) is 3.57. The molecule has 0 spiro atoms. The number of anilines is 2. The molecule has 35 heavy (non-hydrogen) atoms. The van der Waals surface area contributed by atoms with Crippen LogP contribution in [-0.4, -0.2) is 37.0 Å². The minimum Gasteiger partial charge on any atom is -0.459 e. The smallest absolute Gasteiger partial charge is 0.291 e. The monoisotopic (exact) mass is 489 g/mol. The van der Waals surface area contributed by atoms with E-state index in [2.05, 4.69) is 40.2 Å². The second kappa shape index (κ2) is 10.5. The molecule has 3 heterocycles.